The molecule has 7 nitrogen and oxygen atoms in total. The Labute approximate surface area is 171 Å². The van der Waals surface area contributed by atoms with Crippen LogP contribution in [0.15, 0.2) is 29.6 Å². The zero-order chi connectivity index (χ0) is 22.1. The molecule has 12 heteroatoms. The Morgan fingerprint density at radius 1 is 1.20 bits per heavy atom. The van der Waals surface area contributed by atoms with Gasteiger partial charge in [0.1, 0.15) is 11.4 Å². The molecule has 0 saturated carbocycles. The van der Waals surface area contributed by atoms with Crippen molar-refractivity contribution in [2.24, 2.45) is 0 Å². The average Bonchev–Trinajstić information content (AvgIpc) is 3.12. The molecule has 1 atom stereocenters. The number of alkyl halides is 4. The molecule has 30 heavy (non-hydrogen) atoms. The summed E-state index contributed by atoms with van der Waals surface area (Å²) in [5, 5.41) is 0.0474. The van der Waals surface area contributed by atoms with Gasteiger partial charge in [0.05, 0.1) is 25.3 Å². The second kappa shape index (κ2) is 8.56. The Morgan fingerprint density at radius 2 is 1.90 bits per heavy atom. The number of hydrogen-bond acceptors (Lipinski definition) is 6. The molecule has 1 unspecified atom stereocenters. The molecular weight excluding hydrogens is 430 g/mol. The summed E-state index contributed by atoms with van der Waals surface area (Å²) < 4.78 is 78.2. The SMILES string of the molecule is COc1c(C)cnc(C[S+]([O-])c2nc3cc(OC(F)(F)C(F)F)ccc3[nH]2)c1OC. The van der Waals surface area contributed by atoms with E-state index < -0.39 is 29.5 Å². The number of imidazole rings is 1. The van der Waals surface area contributed by atoms with Gasteiger partial charge in [0.15, 0.2) is 17.3 Å². The monoisotopic (exact) mass is 447 g/mol. The van der Waals surface area contributed by atoms with Gasteiger partial charge in [0, 0.05) is 29.0 Å². The topological polar surface area (TPSA) is 92.3 Å². The van der Waals surface area contributed by atoms with Crippen molar-refractivity contribution in [3.63, 3.8) is 0 Å². The Kier molecular flexibility index (Phi) is 6.27. The van der Waals surface area contributed by atoms with Crippen molar-refractivity contribution in [1.82, 2.24) is 15.0 Å². The lowest BCUT2D eigenvalue weighted by atomic mass is 10.2. The predicted octanol–water partition coefficient (Wildman–Crippen LogP) is 3.83. The van der Waals surface area contributed by atoms with Crippen LogP contribution in [0.5, 0.6) is 17.2 Å². The fourth-order valence-electron chi connectivity index (χ4n) is 2.70. The summed E-state index contributed by atoms with van der Waals surface area (Å²) in [4.78, 5) is 11.1. The molecule has 0 saturated heterocycles. The van der Waals surface area contributed by atoms with E-state index in [9.17, 15) is 22.1 Å². The van der Waals surface area contributed by atoms with Crippen LogP contribution in [-0.2, 0) is 16.9 Å². The molecule has 3 aromatic rings. The smallest absolute Gasteiger partial charge is 0.461 e. The van der Waals surface area contributed by atoms with E-state index in [0.717, 1.165) is 17.7 Å². The second-order valence-corrected chi connectivity index (χ2v) is 7.50. The summed E-state index contributed by atoms with van der Waals surface area (Å²) in [5.41, 5.74) is 1.61. The molecule has 0 amide bonds. The van der Waals surface area contributed by atoms with Gasteiger partial charge in [-0.15, -0.1) is 0 Å². The van der Waals surface area contributed by atoms with E-state index in [1.165, 1.54) is 20.3 Å². The molecule has 0 aliphatic rings. The molecule has 1 aromatic carbocycles. The van der Waals surface area contributed by atoms with Crippen molar-refractivity contribution in [2.75, 3.05) is 14.2 Å². The molecule has 0 spiro atoms. The van der Waals surface area contributed by atoms with Gasteiger partial charge in [-0.1, -0.05) is 0 Å². The highest BCUT2D eigenvalue weighted by atomic mass is 32.2. The Hall–Kier alpha value is -2.73. The normalized spacial score (nSPS) is 13.0. The molecule has 162 valence electrons. The van der Waals surface area contributed by atoms with Gasteiger partial charge in [-0.3, -0.25) is 9.97 Å². The van der Waals surface area contributed by atoms with E-state index >= 15 is 0 Å². The van der Waals surface area contributed by atoms with Crippen LogP contribution < -0.4 is 14.2 Å². The molecule has 0 aliphatic carbocycles. The first-order chi connectivity index (χ1) is 14.2. The van der Waals surface area contributed by atoms with Crippen molar-refractivity contribution in [2.45, 2.75) is 30.4 Å². The number of rotatable bonds is 8. The molecule has 0 radical (unpaired) electrons. The van der Waals surface area contributed by atoms with Crippen LogP contribution in [0.3, 0.4) is 0 Å². The third kappa shape index (κ3) is 4.38. The third-order valence-corrected chi connectivity index (χ3v) is 5.23. The van der Waals surface area contributed by atoms with Crippen molar-refractivity contribution in [3.8, 4) is 17.2 Å². The van der Waals surface area contributed by atoms with Gasteiger partial charge in [0.2, 0.25) is 0 Å². The zero-order valence-corrected chi connectivity index (χ0v) is 16.9. The first-order valence-corrected chi connectivity index (χ1v) is 9.77. The number of aromatic nitrogens is 3. The minimum Gasteiger partial charge on any atom is -0.609 e. The summed E-state index contributed by atoms with van der Waals surface area (Å²) in [5.74, 6) is 0.243. The number of nitrogens with one attached hydrogen (secondary N) is 1. The summed E-state index contributed by atoms with van der Waals surface area (Å²) in [6, 6.07) is 3.45. The highest BCUT2D eigenvalue weighted by molar-refractivity contribution is 7.90. The molecule has 0 aliphatic heterocycles. The van der Waals surface area contributed by atoms with Gasteiger partial charge in [-0.2, -0.15) is 22.5 Å². The summed E-state index contributed by atoms with van der Waals surface area (Å²) in [6.07, 6.45) is -7.06. The molecule has 2 aromatic heterocycles. The van der Waals surface area contributed by atoms with E-state index in [-0.39, 0.29) is 16.4 Å². The molecular formula is C18H17F4N3O4S. The zero-order valence-electron chi connectivity index (χ0n) is 16.0. The fourth-order valence-corrected chi connectivity index (χ4v) is 3.71. The fraction of sp³-hybridized carbons (Fsp3) is 0.333. The number of hydrogen-bond donors (Lipinski definition) is 1. The largest absolute Gasteiger partial charge is 0.609 e. The van der Waals surface area contributed by atoms with Crippen molar-refractivity contribution in [1.29, 1.82) is 0 Å². The highest BCUT2D eigenvalue weighted by Gasteiger charge is 2.44. The quantitative estimate of drug-likeness (QED) is 0.417. The Balaban J connectivity index is 1.85. The van der Waals surface area contributed by atoms with Crippen LogP contribution in [-0.4, -0.2) is 46.3 Å². The number of benzene rings is 1. The van der Waals surface area contributed by atoms with Crippen molar-refractivity contribution in [3.05, 3.63) is 35.7 Å². The number of aryl methyl sites for hydroxylation is 1. The van der Waals surface area contributed by atoms with E-state index in [2.05, 4.69) is 19.7 Å². The van der Waals surface area contributed by atoms with Gasteiger partial charge in [0.25, 0.3) is 0 Å². The van der Waals surface area contributed by atoms with Crippen LogP contribution in [0, 0.1) is 6.92 Å². The maximum absolute atomic E-state index is 13.1. The van der Waals surface area contributed by atoms with Crippen LogP contribution in [0.1, 0.15) is 11.3 Å². The second-order valence-electron chi connectivity index (χ2n) is 6.13. The molecule has 3 rings (SSSR count). The molecule has 0 fully saturated rings. The van der Waals surface area contributed by atoms with E-state index in [1.54, 1.807) is 13.1 Å². The summed E-state index contributed by atoms with van der Waals surface area (Å²) in [6.45, 7) is 1.78. The van der Waals surface area contributed by atoms with E-state index in [0.29, 0.717) is 22.7 Å². The Bertz CT molecular complexity index is 1050. The van der Waals surface area contributed by atoms with Crippen LogP contribution in [0.4, 0.5) is 17.6 Å². The number of fused-ring (bicyclic) bond motifs is 1. The lowest BCUT2D eigenvalue weighted by Crippen LogP contribution is -2.33. The van der Waals surface area contributed by atoms with Crippen LogP contribution >= 0.6 is 0 Å². The van der Waals surface area contributed by atoms with Gasteiger partial charge in [-0.25, -0.2) is 0 Å². The molecule has 0 bridgehead atoms. The molecule has 1 N–H and O–H groups in total. The first-order valence-electron chi connectivity index (χ1n) is 8.45. The maximum atomic E-state index is 13.1. The van der Waals surface area contributed by atoms with Gasteiger partial charge in [-0.05, 0) is 19.1 Å². The third-order valence-electron chi connectivity index (χ3n) is 4.07. The first kappa shape index (κ1) is 22.0. The van der Waals surface area contributed by atoms with Crippen molar-refractivity contribution >= 4 is 22.2 Å². The minimum absolute atomic E-state index is 0.0474. The van der Waals surface area contributed by atoms with Crippen LogP contribution in [0.25, 0.3) is 11.0 Å². The highest BCUT2D eigenvalue weighted by Crippen LogP contribution is 2.35. The minimum atomic E-state index is -4.64. The number of methoxy groups -OCH3 is 2. The number of aromatic amines is 1. The summed E-state index contributed by atoms with van der Waals surface area (Å²) >= 11 is -1.70. The molecule has 2 heterocycles. The Morgan fingerprint density at radius 3 is 2.53 bits per heavy atom. The standard InChI is InChI=1S/C18H17F4N3O4S/c1-9-7-23-13(15(28-3)14(9)27-2)8-30(26)17-24-11-5-4-10(6-12(11)25-17)29-18(21,22)16(19)20/h4-7,16H,8H2,1-3H3,(H,24,25). The lowest BCUT2D eigenvalue weighted by molar-refractivity contribution is -0.253. The number of H-pyrrole nitrogens is 1. The van der Waals surface area contributed by atoms with Gasteiger partial charge >= 0.3 is 17.7 Å². The van der Waals surface area contributed by atoms with E-state index in [1.807, 2.05) is 0 Å². The number of nitrogens with zero attached hydrogens (tertiary/aromatic N) is 2. The average molecular weight is 447 g/mol. The predicted molar refractivity (Wildman–Crippen MR) is 99.9 cm³/mol. The maximum Gasteiger partial charge on any atom is 0.461 e. The van der Waals surface area contributed by atoms with E-state index in [4.69, 9.17) is 9.47 Å². The van der Waals surface area contributed by atoms with Gasteiger partial charge < -0.3 is 18.8 Å². The lowest BCUT2D eigenvalue weighted by Gasteiger charge is -2.16. The summed E-state index contributed by atoms with van der Waals surface area (Å²) in [7, 11) is 2.91. The number of halogens is 4. The number of ether oxygens (including phenoxy) is 3. The van der Waals surface area contributed by atoms with Crippen LogP contribution in [0.2, 0.25) is 0 Å². The number of pyridine rings is 1. The van der Waals surface area contributed by atoms with Crippen molar-refractivity contribution < 1.29 is 36.3 Å².